The Labute approximate surface area is 112 Å². The molecule has 2 heterocycles. The highest BCUT2D eigenvalue weighted by Crippen LogP contribution is 2.19. The molecule has 19 heavy (non-hydrogen) atoms. The van der Waals surface area contributed by atoms with E-state index in [1.54, 1.807) is 6.26 Å². The minimum Gasteiger partial charge on any atom is -0.467 e. The van der Waals surface area contributed by atoms with Crippen molar-refractivity contribution in [1.82, 2.24) is 10.3 Å². The van der Waals surface area contributed by atoms with Crippen molar-refractivity contribution in [2.24, 2.45) is 0 Å². The lowest BCUT2D eigenvalue weighted by Gasteiger charge is -2.05. The Morgan fingerprint density at radius 2 is 2.21 bits per heavy atom. The van der Waals surface area contributed by atoms with Crippen molar-refractivity contribution in [3.8, 4) is 0 Å². The zero-order valence-electron chi connectivity index (χ0n) is 10.8. The lowest BCUT2D eigenvalue weighted by atomic mass is 10.2. The van der Waals surface area contributed by atoms with Crippen LogP contribution in [0.25, 0.3) is 0 Å². The second-order valence-corrected chi connectivity index (χ2v) is 4.89. The van der Waals surface area contributed by atoms with E-state index in [-0.39, 0.29) is 0 Å². The number of aromatic nitrogens is 1. The van der Waals surface area contributed by atoms with Gasteiger partial charge in [0.2, 0.25) is 0 Å². The Morgan fingerprint density at radius 1 is 1.26 bits per heavy atom. The summed E-state index contributed by atoms with van der Waals surface area (Å²) >= 11 is 0. The number of furan rings is 1. The van der Waals surface area contributed by atoms with Crippen LogP contribution >= 0.6 is 0 Å². The van der Waals surface area contributed by atoms with Gasteiger partial charge in [-0.15, -0.1) is 0 Å². The monoisotopic (exact) mass is 258 g/mol. The Morgan fingerprint density at radius 3 is 2.89 bits per heavy atom. The molecule has 0 spiro atoms. The summed E-state index contributed by atoms with van der Waals surface area (Å²) in [4.78, 5) is 4.40. The van der Waals surface area contributed by atoms with Crippen LogP contribution in [0.3, 0.4) is 0 Å². The van der Waals surface area contributed by atoms with Gasteiger partial charge in [-0.3, -0.25) is 4.98 Å². The quantitative estimate of drug-likeness (QED) is 0.829. The average molecular weight is 258 g/mol. The lowest BCUT2D eigenvalue weighted by Crippen LogP contribution is -2.15. The number of hydrogen-bond acceptors (Lipinski definition) is 4. The first-order chi connectivity index (χ1) is 9.40. The van der Waals surface area contributed by atoms with E-state index in [1.165, 1.54) is 18.4 Å². The molecule has 4 nitrogen and oxygen atoms in total. The Bertz CT molecular complexity index is 489. The lowest BCUT2D eigenvalue weighted by molar-refractivity contribution is 0.0906. The molecule has 0 radical (unpaired) electrons. The number of rotatable bonds is 7. The van der Waals surface area contributed by atoms with Gasteiger partial charge in [0.05, 0.1) is 18.6 Å². The molecule has 0 aromatic carbocycles. The smallest absolute Gasteiger partial charge is 0.129 e. The van der Waals surface area contributed by atoms with E-state index in [4.69, 9.17) is 9.15 Å². The summed E-state index contributed by atoms with van der Waals surface area (Å²) in [5.41, 5.74) is 2.17. The fourth-order valence-electron chi connectivity index (χ4n) is 1.85. The predicted octanol–water partition coefficient (Wildman–Crippen LogP) is 2.64. The summed E-state index contributed by atoms with van der Waals surface area (Å²) in [5.74, 6) is 0.838. The molecule has 0 atom stereocenters. The third-order valence-corrected chi connectivity index (χ3v) is 3.13. The van der Waals surface area contributed by atoms with Crippen molar-refractivity contribution in [3.63, 3.8) is 0 Å². The Hall–Kier alpha value is -1.65. The largest absolute Gasteiger partial charge is 0.467 e. The highest BCUT2D eigenvalue weighted by molar-refractivity contribution is 5.14. The fraction of sp³-hybridized carbons (Fsp3) is 0.400. The SMILES string of the molecule is c1coc(COCc2ccc(CNC3CC3)cn2)c1. The number of hydrogen-bond donors (Lipinski definition) is 1. The van der Waals surface area contributed by atoms with Crippen LogP contribution in [0.15, 0.2) is 41.1 Å². The molecular formula is C15H18N2O2. The highest BCUT2D eigenvalue weighted by Gasteiger charge is 2.19. The van der Waals surface area contributed by atoms with Crippen molar-refractivity contribution in [2.45, 2.75) is 38.6 Å². The fourth-order valence-corrected chi connectivity index (χ4v) is 1.85. The molecule has 0 saturated heterocycles. The normalized spacial score (nSPS) is 14.7. The summed E-state index contributed by atoms with van der Waals surface area (Å²) in [6.07, 6.45) is 6.19. The minimum absolute atomic E-state index is 0.486. The second kappa shape index (κ2) is 5.99. The minimum atomic E-state index is 0.486. The second-order valence-electron chi connectivity index (χ2n) is 4.89. The number of nitrogens with one attached hydrogen (secondary N) is 1. The van der Waals surface area contributed by atoms with Crippen LogP contribution in [-0.2, 0) is 24.5 Å². The molecule has 2 aromatic rings. The van der Waals surface area contributed by atoms with Crippen molar-refractivity contribution in [2.75, 3.05) is 0 Å². The molecule has 1 aliphatic rings. The molecule has 2 aromatic heterocycles. The van der Waals surface area contributed by atoms with Crippen LogP contribution in [0.4, 0.5) is 0 Å². The summed E-state index contributed by atoms with van der Waals surface area (Å²) in [6, 6.07) is 8.62. The van der Waals surface area contributed by atoms with Gasteiger partial charge < -0.3 is 14.5 Å². The third-order valence-electron chi connectivity index (χ3n) is 3.13. The topological polar surface area (TPSA) is 47.3 Å². The standard InChI is InChI=1S/C15H18N2O2/c1-2-15(19-7-1)11-18-10-14-4-3-12(9-17-14)8-16-13-5-6-13/h1-4,7,9,13,16H,5-6,8,10-11H2. The van der Waals surface area contributed by atoms with Crippen LogP contribution in [0, 0.1) is 0 Å². The van der Waals surface area contributed by atoms with Crippen LogP contribution < -0.4 is 5.32 Å². The zero-order valence-corrected chi connectivity index (χ0v) is 10.8. The van der Waals surface area contributed by atoms with E-state index in [0.717, 1.165) is 24.0 Å². The van der Waals surface area contributed by atoms with Crippen molar-refractivity contribution < 1.29 is 9.15 Å². The number of pyridine rings is 1. The van der Waals surface area contributed by atoms with Crippen molar-refractivity contribution in [3.05, 3.63) is 53.7 Å². The maximum Gasteiger partial charge on any atom is 0.129 e. The molecule has 1 aliphatic carbocycles. The molecule has 100 valence electrons. The first kappa shape index (κ1) is 12.4. The van der Waals surface area contributed by atoms with Crippen LogP contribution in [0.1, 0.15) is 29.9 Å². The number of nitrogens with zero attached hydrogens (tertiary/aromatic N) is 1. The van der Waals surface area contributed by atoms with Gasteiger partial charge in [-0.2, -0.15) is 0 Å². The summed E-state index contributed by atoms with van der Waals surface area (Å²) in [6.45, 7) is 1.90. The molecule has 1 fully saturated rings. The molecule has 0 bridgehead atoms. The Balaban J connectivity index is 1.42. The van der Waals surface area contributed by atoms with Gasteiger partial charge >= 0.3 is 0 Å². The first-order valence-corrected chi connectivity index (χ1v) is 6.67. The zero-order chi connectivity index (χ0) is 12.9. The van der Waals surface area contributed by atoms with E-state index in [0.29, 0.717) is 13.2 Å². The maximum atomic E-state index is 5.54. The highest BCUT2D eigenvalue weighted by atomic mass is 16.5. The molecule has 0 unspecified atom stereocenters. The van der Waals surface area contributed by atoms with Gasteiger partial charge in [0.25, 0.3) is 0 Å². The van der Waals surface area contributed by atoms with Gasteiger partial charge in [0.15, 0.2) is 0 Å². The van der Waals surface area contributed by atoms with Gasteiger partial charge in [0.1, 0.15) is 12.4 Å². The molecule has 1 N–H and O–H groups in total. The van der Waals surface area contributed by atoms with Gasteiger partial charge in [-0.25, -0.2) is 0 Å². The first-order valence-electron chi connectivity index (χ1n) is 6.67. The van der Waals surface area contributed by atoms with E-state index < -0.39 is 0 Å². The molecular weight excluding hydrogens is 240 g/mol. The van der Waals surface area contributed by atoms with E-state index in [1.807, 2.05) is 24.4 Å². The van der Waals surface area contributed by atoms with Crippen molar-refractivity contribution in [1.29, 1.82) is 0 Å². The summed E-state index contributed by atoms with van der Waals surface area (Å²) in [7, 11) is 0. The molecule has 4 heteroatoms. The van der Waals surface area contributed by atoms with Gasteiger partial charge in [-0.1, -0.05) is 6.07 Å². The molecule has 0 aliphatic heterocycles. The third kappa shape index (κ3) is 3.91. The van der Waals surface area contributed by atoms with E-state index in [2.05, 4.69) is 16.4 Å². The van der Waals surface area contributed by atoms with E-state index in [9.17, 15) is 0 Å². The average Bonchev–Trinajstić information content (AvgIpc) is 3.13. The van der Waals surface area contributed by atoms with E-state index >= 15 is 0 Å². The van der Waals surface area contributed by atoms with Crippen LogP contribution in [0.5, 0.6) is 0 Å². The van der Waals surface area contributed by atoms with Gasteiger partial charge in [0, 0.05) is 18.8 Å². The molecule has 0 amide bonds. The predicted molar refractivity (Wildman–Crippen MR) is 71.3 cm³/mol. The number of ether oxygens (including phenoxy) is 1. The maximum absolute atomic E-state index is 5.54. The molecule has 3 rings (SSSR count). The summed E-state index contributed by atoms with van der Waals surface area (Å²) in [5, 5.41) is 3.47. The molecule has 1 saturated carbocycles. The van der Waals surface area contributed by atoms with Gasteiger partial charge in [-0.05, 0) is 36.6 Å². The Kier molecular flexibility index (Phi) is 3.91. The van der Waals surface area contributed by atoms with Crippen LogP contribution in [0.2, 0.25) is 0 Å². The van der Waals surface area contributed by atoms with Crippen LogP contribution in [-0.4, -0.2) is 11.0 Å². The summed E-state index contributed by atoms with van der Waals surface area (Å²) < 4.78 is 10.7. The van der Waals surface area contributed by atoms with Crippen molar-refractivity contribution >= 4 is 0 Å².